The topological polar surface area (TPSA) is 78.2 Å². The lowest BCUT2D eigenvalue weighted by Gasteiger charge is -2.18. The van der Waals surface area contributed by atoms with E-state index in [4.69, 9.17) is 18.6 Å². The maximum absolute atomic E-state index is 13.7. The number of benzene rings is 3. The number of ether oxygens (including phenoxy) is 3. The van der Waals surface area contributed by atoms with Crippen LogP contribution in [0.2, 0.25) is 0 Å². The molecule has 1 aromatic heterocycles. The number of furan rings is 1. The van der Waals surface area contributed by atoms with Gasteiger partial charge in [0.25, 0.3) is 5.91 Å². The zero-order chi connectivity index (χ0) is 26.6. The molecule has 0 unspecified atom stereocenters. The quantitative estimate of drug-likeness (QED) is 0.255. The predicted octanol–water partition coefficient (Wildman–Crippen LogP) is 6.04. The molecule has 7 heteroatoms. The van der Waals surface area contributed by atoms with Crippen LogP contribution in [0.15, 0.2) is 77.4 Å². The number of allylic oxidation sites excluding steroid dienone is 1. The second-order valence-corrected chi connectivity index (χ2v) is 8.89. The fourth-order valence-corrected chi connectivity index (χ4v) is 4.59. The molecule has 194 valence electrons. The number of ketones is 1. The summed E-state index contributed by atoms with van der Waals surface area (Å²) in [6.45, 7) is 5.07. The lowest BCUT2D eigenvalue weighted by molar-refractivity contribution is -0.132. The highest BCUT2D eigenvalue weighted by atomic mass is 16.5. The lowest BCUT2D eigenvalue weighted by atomic mass is 9.96. The Labute approximate surface area is 221 Å². The average Bonchev–Trinajstić information content (AvgIpc) is 3.33. The van der Waals surface area contributed by atoms with Gasteiger partial charge in [0.15, 0.2) is 12.4 Å². The minimum absolute atomic E-state index is 0.0538. The molecule has 38 heavy (non-hydrogen) atoms. The molecule has 4 aromatic rings. The van der Waals surface area contributed by atoms with Crippen LogP contribution in [0.4, 0.5) is 0 Å². The van der Waals surface area contributed by atoms with E-state index in [9.17, 15) is 9.59 Å². The summed E-state index contributed by atoms with van der Waals surface area (Å²) in [7, 11) is 1.61. The second-order valence-electron chi connectivity index (χ2n) is 8.89. The standard InChI is InChI=1S/C31H29NO6/c1-4-32(5-2)28(33)19-37-24-14-10-21(11-15-24)30(34)31-29(20-8-12-23(35-3)13-9-20)25-17-22-7-6-16-36-26(22)18-27(25)38-31/h6,8-18H,4-5,7,19H2,1-3H3. The Morgan fingerprint density at radius 2 is 1.66 bits per heavy atom. The molecule has 0 spiro atoms. The smallest absolute Gasteiger partial charge is 0.260 e. The molecule has 0 bridgehead atoms. The van der Waals surface area contributed by atoms with Gasteiger partial charge in [-0.25, -0.2) is 0 Å². The Kier molecular flexibility index (Phi) is 7.18. The Hall–Kier alpha value is -4.52. The van der Waals surface area contributed by atoms with Crippen molar-refractivity contribution in [3.05, 3.63) is 89.9 Å². The van der Waals surface area contributed by atoms with Crippen LogP contribution in [-0.2, 0) is 11.2 Å². The van der Waals surface area contributed by atoms with Gasteiger partial charge in [-0.15, -0.1) is 0 Å². The molecule has 0 radical (unpaired) electrons. The van der Waals surface area contributed by atoms with Gasteiger partial charge in [-0.2, -0.15) is 0 Å². The van der Waals surface area contributed by atoms with Crippen LogP contribution >= 0.6 is 0 Å². The summed E-state index contributed by atoms with van der Waals surface area (Å²) >= 11 is 0. The van der Waals surface area contributed by atoms with Gasteiger partial charge >= 0.3 is 0 Å². The van der Waals surface area contributed by atoms with Gasteiger partial charge in [0.1, 0.15) is 22.8 Å². The Balaban J connectivity index is 1.48. The highest BCUT2D eigenvalue weighted by Crippen LogP contribution is 2.40. The number of fused-ring (bicyclic) bond motifs is 2. The first-order valence-corrected chi connectivity index (χ1v) is 12.6. The highest BCUT2D eigenvalue weighted by molar-refractivity contribution is 6.16. The number of likely N-dealkylation sites (N-methyl/N-ethyl adjacent to an activating group) is 1. The molecule has 5 rings (SSSR count). The summed E-state index contributed by atoms with van der Waals surface area (Å²) in [6.07, 6.45) is 4.35. The van der Waals surface area contributed by atoms with E-state index in [-0.39, 0.29) is 24.1 Å². The summed E-state index contributed by atoms with van der Waals surface area (Å²) in [5.74, 6) is 1.86. The van der Waals surface area contributed by atoms with E-state index in [0.29, 0.717) is 30.0 Å². The number of carbonyl (C=O) groups excluding carboxylic acids is 2. The summed E-state index contributed by atoms with van der Waals surface area (Å²) in [4.78, 5) is 27.7. The third-order valence-electron chi connectivity index (χ3n) is 6.68. The fourth-order valence-electron chi connectivity index (χ4n) is 4.59. The number of carbonyl (C=O) groups is 2. The minimum Gasteiger partial charge on any atom is -0.497 e. The second kappa shape index (κ2) is 10.8. The van der Waals surface area contributed by atoms with Gasteiger partial charge in [0.05, 0.1) is 13.4 Å². The van der Waals surface area contributed by atoms with E-state index < -0.39 is 0 Å². The molecule has 3 aromatic carbocycles. The highest BCUT2D eigenvalue weighted by Gasteiger charge is 2.25. The Morgan fingerprint density at radius 3 is 2.34 bits per heavy atom. The van der Waals surface area contributed by atoms with Crippen molar-refractivity contribution in [2.45, 2.75) is 20.3 Å². The number of amides is 1. The van der Waals surface area contributed by atoms with E-state index in [2.05, 4.69) is 0 Å². The third kappa shape index (κ3) is 4.87. The normalized spacial score (nSPS) is 12.1. The zero-order valence-electron chi connectivity index (χ0n) is 21.7. The van der Waals surface area contributed by atoms with Crippen molar-refractivity contribution in [2.75, 3.05) is 26.8 Å². The van der Waals surface area contributed by atoms with Crippen molar-refractivity contribution in [1.29, 1.82) is 0 Å². The van der Waals surface area contributed by atoms with Crippen molar-refractivity contribution in [2.24, 2.45) is 0 Å². The maximum Gasteiger partial charge on any atom is 0.260 e. The molecule has 1 aliphatic heterocycles. The van der Waals surface area contributed by atoms with Crippen molar-refractivity contribution in [3.8, 4) is 28.4 Å². The van der Waals surface area contributed by atoms with Crippen LogP contribution in [0.1, 0.15) is 35.5 Å². The first kappa shape index (κ1) is 25.1. The molecule has 0 N–H and O–H groups in total. The van der Waals surface area contributed by atoms with E-state index >= 15 is 0 Å². The Bertz CT molecular complexity index is 1490. The SMILES string of the molecule is CCN(CC)C(=O)COc1ccc(C(=O)c2oc3cc4c(cc3c2-c2ccc(OC)cc2)CC=CO4)cc1. The minimum atomic E-state index is -0.255. The van der Waals surface area contributed by atoms with Crippen LogP contribution in [-0.4, -0.2) is 43.4 Å². The Morgan fingerprint density at radius 1 is 0.947 bits per heavy atom. The van der Waals surface area contributed by atoms with E-state index in [1.165, 1.54) is 0 Å². The monoisotopic (exact) mass is 511 g/mol. The number of nitrogens with zero attached hydrogens (tertiary/aromatic N) is 1. The predicted molar refractivity (Wildman–Crippen MR) is 145 cm³/mol. The third-order valence-corrected chi connectivity index (χ3v) is 6.68. The first-order chi connectivity index (χ1) is 18.5. The zero-order valence-corrected chi connectivity index (χ0v) is 21.7. The lowest BCUT2D eigenvalue weighted by Crippen LogP contribution is -2.34. The van der Waals surface area contributed by atoms with E-state index in [1.807, 2.05) is 56.3 Å². The van der Waals surface area contributed by atoms with Crippen molar-refractivity contribution in [1.82, 2.24) is 4.90 Å². The number of rotatable bonds is 9. The van der Waals surface area contributed by atoms with Gasteiger partial charge in [-0.05, 0) is 79.9 Å². The van der Waals surface area contributed by atoms with Crippen molar-refractivity contribution in [3.63, 3.8) is 0 Å². The van der Waals surface area contributed by atoms with Gasteiger partial charge < -0.3 is 23.5 Å². The molecule has 0 atom stereocenters. The fraction of sp³-hybridized carbons (Fsp3) is 0.226. The number of hydrogen-bond acceptors (Lipinski definition) is 6. The molecule has 7 nitrogen and oxygen atoms in total. The average molecular weight is 512 g/mol. The molecular formula is C31H29NO6. The van der Waals surface area contributed by atoms with E-state index in [0.717, 1.165) is 40.0 Å². The molecular weight excluding hydrogens is 482 g/mol. The van der Waals surface area contributed by atoms with Gasteiger partial charge in [-0.3, -0.25) is 9.59 Å². The molecule has 1 amide bonds. The molecule has 0 saturated heterocycles. The first-order valence-electron chi connectivity index (χ1n) is 12.6. The molecule has 0 aliphatic carbocycles. The van der Waals surface area contributed by atoms with Gasteiger partial charge in [0.2, 0.25) is 5.78 Å². The van der Waals surface area contributed by atoms with Crippen LogP contribution < -0.4 is 14.2 Å². The molecule has 0 saturated carbocycles. The van der Waals surface area contributed by atoms with Crippen LogP contribution in [0.25, 0.3) is 22.1 Å². The molecule has 2 heterocycles. The van der Waals surface area contributed by atoms with Crippen LogP contribution in [0, 0.1) is 0 Å². The summed E-state index contributed by atoms with van der Waals surface area (Å²) in [6, 6.07) is 18.2. The summed E-state index contributed by atoms with van der Waals surface area (Å²) in [5, 5.41) is 0.839. The van der Waals surface area contributed by atoms with Gasteiger partial charge in [-0.1, -0.05) is 12.1 Å². The van der Waals surface area contributed by atoms with E-state index in [1.54, 1.807) is 42.5 Å². The van der Waals surface area contributed by atoms with Crippen LogP contribution in [0.5, 0.6) is 17.2 Å². The van der Waals surface area contributed by atoms with Crippen molar-refractivity contribution < 1.29 is 28.2 Å². The molecule has 0 fully saturated rings. The number of methoxy groups -OCH3 is 1. The molecule has 1 aliphatic rings. The number of hydrogen-bond donors (Lipinski definition) is 0. The van der Waals surface area contributed by atoms with Crippen LogP contribution in [0.3, 0.4) is 0 Å². The van der Waals surface area contributed by atoms with Crippen molar-refractivity contribution >= 4 is 22.7 Å². The largest absolute Gasteiger partial charge is 0.497 e. The maximum atomic E-state index is 13.7. The summed E-state index contributed by atoms with van der Waals surface area (Å²) < 4.78 is 22.8. The summed E-state index contributed by atoms with van der Waals surface area (Å²) in [5.41, 5.74) is 3.60. The van der Waals surface area contributed by atoms with Gasteiger partial charge in [0, 0.05) is 35.7 Å².